The number of methoxy groups -OCH3 is 1. The minimum Gasteiger partial charge on any atom is -0.494 e. The monoisotopic (exact) mass is 292 g/mol. The summed E-state index contributed by atoms with van der Waals surface area (Å²) in [5.41, 5.74) is 2.03. The van der Waals surface area contributed by atoms with Gasteiger partial charge in [0, 0.05) is 11.9 Å². The summed E-state index contributed by atoms with van der Waals surface area (Å²) in [6, 6.07) is 5.86. The topological polar surface area (TPSA) is 34.2 Å². The van der Waals surface area contributed by atoms with Crippen LogP contribution >= 0.6 is 11.6 Å². The maximum absolute atomic E-state index is 6.30. The summed E-state index contributed by atoms with van der Waals surface area (Å²) in [4.78, 5) is 4.74. The van der Waals surface area contributed by atoms with Gasteiger partial charge in [-0.2, -0.15) is 0 Å². The fourth-order valence-corrected chi connectivity index (χ4v) is 2.47. The van der Waals surface area contributed by atoms with Gasteiger partial charge in [-0.05, 0) is 36.6 Å². The molecule has 3 nitrogen and oxygen atoms in total. The van der Waals surface area contributed by atoms with Gasteiger partial charge in [-0.1, -0.05) is 31.9 Å². The highest BCUT2D eigenvalue weighted by molar-refractivity contribution is 6.35. The van der Waals surface area contributed by atoms with Crippen molar-refractivity contribution in [2.24, 2.45) is 0 Å². The molecule has 20 heavy (non-hydrogen) atoms. The van der Waals surface area contributed by atoms with Gasteiger partial charge in [-0.15, -0.1) is 0 Å². The van der Waals surface area contributed by atoms with Crippen LogP contribution < -0.4 is 10.1 Å². The lowest BCUT2D eigenvalue weighted by atomic mass is 10.1. The Morgan fingerprint density at radius 2 is 2.05 bits per heavy atom. The van der Waals surface area contributed by atoms with E-state index in [1.54, 1.807) is 7.11 Å². The average molecular weight is 293 g/mol. The molecule has 0 saturated heterocycles. The number of anilines is 1. The highest BCUT2D eigenvalue weighted by Crippen LogP contribution is 2.33. The van der Waals surface area contributed by atoms with E-state index in [0.717, 1.165) is 48.3 Å². The summed E-state index contributed by atoms with van der Waals surface area (Å²) in [6.45, 7) is 5.23. The molecule has 0 spiro atoms. The molecular weight excluding hydrogens is 272 g/mol. The number of hydrogen-bond donors (Lipinski definition) is 1. The number of rotatable bonds is 6. The number of pyridine rings is 1. The minimum absolute atomic E-state index is 0.715. The van der Waals surface area contributed by atoms with Gasteiger partial charge in [0.25, 0.3) is 0 Å². The molecule has 108 valence electrons. The second-order valence-corrected chi connectivity index (χ2v) is 5.23. The van der Waals surface area contributed by atoms with Crippen LogP contribution in [0.3, 0.4) is 0 Å². The lowest BCUT2D eigenvalue weighted by Crippen LogP contribution is -2.06. The smallest absolute Gasteiger partial charge is 0.145 e. The molecule has 0 aliphatic heterocycles. The minimum atomic E-state index is 0.715. The third-order valence-corrected chi connectivity index (χ3v) is 3.58. The number of fused-ring (bicyclic) bond motifs is 1. The zero-order valence-corrected chi connectivity index (χ0v) is 13.0. The van der Waals surface area contributed by atoms with Gasteiger partial charge in [0.15, 0.2) is 0 Å². The van der Waals surface area contributed by atoms with Crippen LogP contribution in [0.25, 0.3) is 10.9 Å². The fraction of sp³-hybridized carbons (Fsp3) is 0.438. The summed E-state index contributed by atoms with van der Waals surface area (Å²) in [5, 5.41) is 5.07. The van der Waals surface area contributed by atoms with E-state index in [-0.39, 0.29) is 0 Å². The molecule has 0 saturated carbocycles. The number of hydrogen-bond acceptors (Lipinski definition) is 3. The lowest BCUT2D eigenvalue weighted by molar-refractivity contribution is 0.419. The molecule has 0 aliphatic carbocycles. The maximum atomic E-state index is 6.30. The van der Waals surface area contributed by atoms with Gasteiger partial charge in [0.1, 0.15) is 17.1 Å². The summed E-state index contributed by atoms with van der Waals surface area (Å²) >= 11 is 6.30. The van der Waals surface area contributed by atoms with Crippen LogP contribution in [-0.4, -0.2) is 18.6 Å². The number of ether oxygens (including phenoxy) is 1. The van der Waals surface area contributed by atoms with Gasteiger partial charge in [-0.3, -0.25) is 0 Å². The van der Waals surface area contributed by atoms with Gasteiger partial charge < -0.3 is 10.1 Å². The molecular formula is C16H21ClN2O. The Hall–Kier alpha value is -1.48. The van der Waals surface area contributed by atoms with Crippen molar-refractivity contribution in [1.29, 1.82) is 0 Å². The van der Waals surface area contributed by atoms with Crippen LogP contribution in [0.15, 0.2) is 18.2 Å². The van der Waals surface area contributed by atoms with Crippen LogP contribution in [-0.2, 0) is 6.42 Å². The summed E-state index contributed by atoms with van der Waals surface area (Å²) < 4.78 is 5.39. The second-order valence-electron chi connectivity index (χ2n) is 4.82. The molecule has 1 aromatic heterocycles. The maximum Gasteiger partial charge on any atom is 0.145 e. The van der Waals surface area contributed by atoms with Gasteiger partial charge >= 0.3 is 0 Å². The summed E-state index contributed by atoms with van der Waals surface area (Å²) in [5.74, 6) is 1.70. The van der Waals surface area contributed by atoms with Gasteiger partial charge in [0.2, 0.25) is 0 Å². The highest BCUT2D eigenvalue weighted by Gasteiger charge is 2.12. The first-order valence-electron chi connectivity index (χ1n) is 7.11. The molecule has 0 fully saturated rings. The van der Waals surface area contributed by atoms with Crippen molar-refractivity contribution in [1.82, 2.24) is 4.98 Å². The molecule has 0 bridgehead atoms. The Kier molecular flexibility index (Phi) is 5.07. The summed E-state index contributed by atoms with van der Waals surface area (Å²) in [7, 11) is 1.66. The zero-order valence-electron chi connectivity index (χ0n) is 12.3. The normalized spacial score (nSPS) is 10.8. The van der Waals surface area contributed by atoms with Crippen molar-refractivity contribution in [3.63, 3.8) is 0 Å². The molecule has 0 atom stereocenters. The third kappa shape index (κ3) is 2.98. The van der Waals surface area contributed by atoms with Crippen molar-refractivity contribution in [3.05, 3.63) is 28.8 Å². The zero-order chi connectivity index (χ0) is 14.5. The van der Waals surface area contributed by atoms with Crippen molar-refractivity contribution < 1.29 is 4.74 Å². The number of nitrogens with one attached hydrogen (secondary N) is 1. The molecule has 1 aromatic carbocycles. The van der Waals surface area contributed by atoms with E-state index in [4.69, 9.17) is 21.3 Å². The predicted octanol–water partition coefficient (Wildman–Crippen LogP) is 4.67. The first-order valence-corrected chi connectivity index (χ1v) is 7.49. The van der Waals surface area contributed by atoms with E-state index in [9.17, 15) is 0 Å². The molecule has 4 heteroatoms. The Morgan fingerprint density at radius 3 is 2.70 bits per heavy atom. The van der Waals surface area contributed by atoms with Crippen molar-refractivity contribution >= 4 is 28.3 Å². The van der Waals surface area contributed by atoms with Gasteiger partial charge in [-0.25, -0.2) is 4.98 Å². The van der Waals surface area contributed by atoms with Crippen molar-refractivity contribution in [3.8, 4) is 5.75 Å². The molecule has 1 heterocycles. The fourth-order valence-electron chi connectivity index (χ4n) is 2.26. The first-order chi connectivity index (χ1) is 9.71. The van der Waals surface area contributed by atoms with E-state index in [1.165, 1.54) is 5.56 Å². The Morgan fingerprint density at radius 1 is 1.25 bits per heavy atom. The first kappa shape index (κ1) is 14.9. The molecule has 2 rings (SSSR count). The number of aromatic nitrogens is 1. The number of halogens is 1. The Bertz CT molecular complexity index is 599. The highest BCUT2D eigenvalue weighted by atomic mass is 35.5. The summed E-state index contributed by atoms with van der Waals surface area (Å²) in [6.07, 6.45) is 3.13. The van der Waals surface area contributed by atoms with E-state index in [0.29, 0.717) is 5.02 Å². The van der Waals surface area contributed by atoms with E-state index < -0.39 is 0 Å². The molecule has 0 unspecified atom stereocenters. The number of benzene rings is 1. The third-order valence-electron chi connectivity index (χ3n) is 3.25. The van der Waals surface area contributed by atoms with Crippen LogP contribution in [0.4, 0.5) is 5.82 Å². The molecule has 1 N–H and O–H groups in total. The number of aryl methyl sites for hydroxylation is 1. The second kappa shape index (κ2) is 6.80. The quantitative estimate of drug-likeness (QED) is 0.840. The van der Waals surface area contributed by atoms with E-state index in [2.05, 4.69) is 25.2 Å². The molecule has 0 radical (unpaired) electrons. The molecule has 0 aliphatic rings. The average Bonchev–Trinajstić information content (AvgIpc) is 2.46. The van der Waals surface area contributed by atoms with E-state index in [1.807, 2.05) is 12.1 Å². The van der Waals surface area contributed by atoms with Crippen LogP contribution in [0.1, 0.15) is 32.3 Å². The Labute approximate surface area is 125 Å². The van der Waals surface area contributed by atoms with E-state index >= 15 is 0 Å². The predicted molar refractivity (Wildman–Crippen MR) is 86.1 cm³/mol. The lowest BCUT2D eigenvalue weighted by Gasteiger charge is -2.14. The van der Waals surface area contributed by atoms with Crippen molar-refractivity contribution in [2.75, 3.05) is 19.0 Å². The van der Waals surface area contributed by atoms with Gasteiger partial charge in [0.05, 0.1) is 12.1 Å². The van der Waals surface area contributed by atoms with Crippen LogP contribution in [0.5, 0.6) is 5.75 Å². The van der Waals surface area contributed by atoms with Crippen molar-refractivity contribution in [2.45, 2.75) is 33.1 Å². The Balaban J connectivity index is 2.60. The largest absolute Gasteiger partial charge is 0.494 e. The van der Waals surface area contributed by atoms with Crippen LogP contribution in [0, 0.1) is 0 Å². The molecule has 2 aromatic rings. The molecule has 0 amide bonds. The van der Waals surface area contributed by atoms with Crippen LogP contribution in [0.2, 0.25) is 5.02 Å². The standard InChI is InChI=1S/C16H21ClN2O/c1-4-6-11-10-12-13(17)7-8-14(20-3)15(12)19-16(11)18-9-5-2/h7-8,10H,4-6,9H2,1-3H3,(H,18,19). The number of nitrogens with zero attached hydrogens (tertiary/aromatic N) is 1. The SMILES string of the molecule is CCCNc1nc2c(OC)ccc(Cl)c2cc1CCC.